The van der Waals surface area contributed by atoms with Crippen LogP contribution in [-0.4, -0.2) is 82.9 Å². The second-order valence-electron chi connectivity index (χ2n) is 6.72. The van der Waals surface area contributed by atoms with Crippen LogP contribution in [0.25, 0.3) is 0 Å². The third-order valence-corrected chi connectivity index (χ3v) is 4.63. The van der Waals surface area contributed by atoms with Crippen molar-refractivity contribution in [2.75, 3.05) is 52.4 Å². The monoisotopic (exact) mass is 350 g/mol. The van der Waals surface area contributed by atoms with Gasteiger partial charge in [-0.3, -0.25) is 4.68 Å². The topological polar surface area (TPSA) is 73.6 Å². The van der Waals surface area contributed by atoms with E-state index in [1.807, 2.05) is 7.05 Å². The number of hydrogen-bond donors (Lipinski definition) is 2. The number of aryl methyl sites for hydroxylation is 1. The van der Waals surface area contributed by atoms with Crippen LogP contribution in [0, 0.1) is 5.92 Å². The van der Waals surface area contributed by atoms with Crippen molar-refractivity contribution in [1.29, 1.82) is 0 Å². The highest BCUT2D eigenvalue weighted by Gasteiger charge is 2.17. The zero-order valence-corrected chi connectivity index (χ0v) is 16.2. The Morgan fingerprint density at radius 3 is 2.52 bits per heavy atom. The molecule has 0 radical (unpaired) electrons. The van der Waals surface area contributed by atoms with E-state index < -0.39 is 0 Å². The number of guanidine groups is 1. The van der Waals surface area contributed by atoms with E-state index in [1.165, 1.54) is 32.7 Å². The minimum atomic E-state index is 0.527. The molecule has 0 spiro atoms. The summed E-state index contributed by atoms with van der Waals surface area (Å²) >= 11 is 0. The van der Waals surface area contributed by atoms with Crippen LogP contribution < -0.4 is 10.6 Å². The minimum absolute atomic E-state index is 0.527. The smallest absolute Gasteiger partial charge is 0.191 e. The van der Waals surface area contributed by atoms with E-state index in [1.54, 1.807) is 11.0 Å². The normalized spacial score (nSPS) is 18.3. The Kier molecular flexibility index (Phi) is 8.14. The number of likely N-dealkylation sites (N-methyl/N-ethyl adjacent to an activating group) is 1. The maximum Gasteiger partial charge on any atom is 0.191 e. The van der Waals surface area contributed by atoms with E-state index in [9.17, 15) is 0 Å². The number of piperazine rings is 1. The number of hydrogen-bond acceptors (Lipinski definition) is 5. The van der Waals surface area contributed by atoms with Crippen molar-refractivity contribution in [1.82, 2.24) is 35.2 Å². The lowest BCUT2D eigenvalue weighted by molar-refractivity contribution is 0.124. The number of aromatic nitrogens is 3. The van der Waals surface area contributed by atoms with E-state index in [4.69, 9.17) is 0 Å². The molecule has 1 fully saturated rings. The average molecular weight is 351 g/mol. The minimum Gasteiger partial charge on any atom is -0.357 e. The molecule has 1 aliphatic heterocycles. The summed E-state index contributed by atoms with van der Waals surface area (Å²) in [6, 6.07) is 0. The van der Waals surface area contributed by atoms with Crippen LogP contribution in [0.3, 0.4) is 0 Å². The molecule has 1 atom stereocenters. The highest BCUT2D eigenvalue weighted by molar-refractivity contribution is 5.79. The summed E-state index contributed by atoms with van der Waals surface area (Å²) in [7, 11) is 1.89. The van der Waals surface area contributed by atoms with Gasteiger partial charge in [0.25, 0.3) is 0 Å². The van der Waals surface area contributed by atoms with Gasteiger partial charge in [-0.1, -0.05) is 13.8 Å². The fourth-order valence-electron chi connectivity index (χ4n) is 3.02. The third-order valence-electron chi connectivity index (χ3n) is 4.63. The molecular weight excluding hydrogens is 316 g/mol. The summed E-state index contributed by atoms with van der Waals surface area (Å²) in [6.45, 7) is 15.9. The van der Waals surface area contributed by atoms with Gasteiger partial charge in [0.15, 0.2) is 5.96 Å². The lowest BCUT2D eigenvalue weighted by Gasteiger charge is -2.35. The molecule has 25 heavy (non-hydrogen) atoms. The number of aliphatic imine (C=N–C) groups is 1. The van der Waals surface area contributed by atoms with E-state index in [0.29, 0.717) is 12.5 Å². The van der Waals surface area contributed by atoms with Crippen molar-refractivity contribution < 1.29 is 0 Å². The summed E-state index contributed by atoms with van der Waals surface area (Å²) < 4.78 is 1.76. The van der Waals surface area contributed by atoms with Crippen LogP contribution >= 0.6 is 0 Å². The van der Waals surface area contributed by atoms with Gasteiger partial charge in [-0.05, 0) is 19.4 Å². The second kappa shape index (κ2) is 10.4. The molecular formula is C17H34N8. The molecule has 1 unspecified atom stereocenters. The molecule has 142 valence electrons. The van der Waals surface area contributed by atoms with Crippen molar-refractivity contribution in [3.63, 3.8) is 0 Å². The predicted molar refractivity (Wildman–Crippen MR) is 102 cm³/mol. The van der Waals surface area contributed by atoms with Gasteiger partial charge in [-0.15, -0.1) is 0 Å². The summed E-state index contributed by atoms with van der Waals surface area (Å²) in [5.74, 6) is 2.28. The van der Waals surface area contributed by atoms with Crippen molar-refractivity contribution in [3.8, 4) is 0 Å². The maximum absolute atomic E-state index is 4.61. The van der Waals surface area contributed by atoms with Gasteiger partial charge < -0.3 is 20.4 Å². The molecule has 2 heterocycles. The highest BCUT2D eigenvalue weighted by atomic mass is 15.3. The molecule has 2 N–H and O–H groups in total. The van der Waals surface area contributed by atoms with Crippen molar-refractivity contribution in [2.45, 2.75) is 27.3 Å². The van der Waals surface area contributed by atoms with Gasteiger partial charge in [-0.2, -0.15) is 5.10 Å². The SMILES string of the molecule is CCNC(=NCc1ncnn1C)NCC(C)CN1CCN(CC)CC1. The Labute approximate surface area is 151 Å². The Morgan fingerprint density at radius 1 is 1.20 bits per heavy atom. The van der Waals surface area contributed by atoms with E-state index >= 15 is 0 Å². The van der Waals surface area contributed by atoms with Crippen LogP contribution in [0.1, 0.15) is 26.6 Å². The quantitative estimate of drug-likeness (QED) is 0.513. The molecule has 0 aliphatic carbocycles. The number of nitrogens with zero attached hydrogens (tertiary/aromatic N) is 6. The molecule has 1 saturated heterocycles. The van der Waals surface area contributed by atoms with Crippen LogP contribution in [0.15, 0.2) is 11.3 Å². The van der Waals surface area contributed by atoms with Crippen molar-refractivity contribution in [3.05, 3.63) is 12.2 Å². The average Bonchev–Trinajstić information content (AvgIpc) is 3.03. The van der Waals surface area contributed by atoms with E-state index in [-0.39, 0.29) is 0 Å². The zero-order chi connectivity index (χ0) is 18.1. The van der Waals surface area contributed by atoms with Gasteiger partial charge in [0, 0.05) is 52.9 Å². The maximum atomic E-state index is 4.61. The van der Waals surface area contributed by atoms with Crippen molar-refractivity contribution in [2.24, 2.45) is 18.0 Å². The van der Waals surface area contributed by atoms with Gasteiger partial charge >= 0.3 is 0 Å². The first kappa shape index (κ1) is 19.7. The fourth-order valence-corrected chi connectivity index (χ4v) is 3.02. The predicted octanol–water partition coefficient (Wildman–Crippen LogP) is 0.144. The first-order valence-corrected chi connectivity index (χ1v) is 9.42. The Hall–Kier alpha value is -1.67. The van der Waals surface area contributed by atoms with Crippen LogP contribution in [0.5, 0.6) is 0 Å². The Bertz CT molecular complexity index is 518. The lowest BCUT2D eigenvalue weighted by Crippen LogP contribution is -2.48. The van der Waals surface area contributed by atoms with Crippen LogP contribution in [0.4, 0.5) is 0 Å². The van der Waals surface area contributed by atoms with Crippen LogP contribution in [0.2, 0.25) is 0 Å². The summed E-state index contributed by atoms with van der Waals surface area (Å²) in [5, 5.41) is 10.8. The second-order valence-corrected chi connectivity index (χ2v) is 6.72. The highest BCUT2D eigenvalue weighted by Crippen LogP contribution is 2.05. The molecule has 8 nitrogen and oxygen atoms in total. The van der Waals surface area contributed by atoms with Gasteiger partial charge in [0.05, 0.1) is 0 Å². The molecule has 1 aromatic rings. The van der Waals surface area contributed by atoms with Gasteiger partial charge in [0.1, 0.15) is 18.7 Å². The zero-order valence-electron chi connectivity index (χ0n) is 16.2. The third kappa shape index (κ3) is 6.62. The molecule has 0 bridgehead atoms. The number of nitrogens with one attached hydrogen (secondary N) is 2. The molecule has 2 rings (SSSR count). The fraction of sp³-hybridized carbons (Fsp3) is 0.824. The summed E-state index contributed by atoms with van der Waals surface area (Å²) in [4.78, 5) is 13.9. The summed E-state index contributed by atoms with van der Waals surface area (Å²) in [6.07, 6.45) is 1.56. The lowest BCUT2D eigenvalue weighted by atomic mass is 10.1. The van der Waals surface area contributed by atoms with E-state index in [2.05, 4.69) is 56.3 Å². The standard InChI is InChI=1S/C17H34N8/c1-5-18-17(20-12-16-21-14-22-23(16)4)19-11-15(3)13-25-9-7-24(6-2)8-10-25/h14-15H,5-13H2,1-4H3,(H2,18,19,20). The Balaban J connectivity index is 1.75. The largest absolute Gasteiger partial charge is 0.357 e. The molecule has 8 heteroatoms. The molecule has 1 aliphatic rings. The molecule has 1 aromatic heterocycles. The molecule has 0 aromatic carbocycles. The first-order chi connectivity index (χ1) is 12.1. The summed E-state index contributed by atoms with van der Waals surface area (Å²) in [5.41, 5.74) is 0. The first-order valence-electron chi connectivity index (χ1n) is 9.42. The molecule has 0 saturated carbocycles. The van der Waals surface area contributed by atoms with Gasteiger partial charge in [-0.25, -0.2) is 9.98 Å². The van der Waals surface area contributed by atoms with E-state index in [0.717, 1.165) is 31.4 Å². The van der Waals surface area contributed by atoms with Crippen molar-refractivity contribution >= 4 is 5.96 Å². The van der Waals surface area contributed by atoms with Crippen LogP contribution in [-0.2, 0) is 13.6 Å². The van der Waals surface area contributed by atoms with Gasteiger partial charge in [0.2, 0.25) is 0 Å². The molecule has 0 amide bonds. The number of rotatable bonds is 8. The Morgan fingerprint density at radius 2 is 1.92 bits per heavy atom.